The molecule has 0 bridgehead atoms. The summed E-state index contributed by atoms with van der Waals surface area (Å²) in [4.78, 5) is 28.0. The Morgan fingerprint density at radius 3 is 3.00 bits per heavy atom. The molecule has 0 radical (unpaired) electrons. The summed E-state index contributed by atoms with van der Waals surface area (Å²) in [6, 6.07) is -1.16. The highest BCUT2D eigenvalue weighted by molar-refractivity contribution is 5.83. The van der Waals surface area contributed by atoms with E-state index in [0.29, 0.717) is 31.1 Å². The van der Waals surface area contributed by atoms with Crippen LogP contribution in [0.15, 0.2) is 4.52 Å². The molecular formula is C10H14N4O4. The van der Waals surface area contributed by atoms with Crippen LogP contribution in [0.2, 0.25) is 0 Å². The van der Waals surface area contributed by atoms with Gasteiger partial charge in [-0.25, -0.2) is 9.59 Å². The molecule has 98 valence electrons. The standard InChI is InChI=1S/C10H14N4O4/c1-6-12-8(18-13-6)5-11-10(17)14-4-2-3-7(14)9(15)16/h7H,2-5H2,1H3,(H,11,17)(H,15,16)/t7-/m0/s1. The van der Waals surface area contributed by atoms with Gasteiger partial charge in [0.1, 0.15) is 6.04 Å². The van der Waals surface area contributed by atoms with Crippen LogP contribution in [0.4, 0.5) is 4.79 Å². The summed E-state index contributed by atoms with van der Waals surface area (Å²) in [5.74, 6) is -0.188. The molecule has 0 saturated carbocycles. The minimum absolute atomic E-state index is 0.0997. The second-order valence-electron chi connectivity index (χ2n) is 4.08. The highest BCUT2D eigenvalue weighted by atomic mass is 16.5. The zero-order chi connectivity index (χ0) is 13.1. The number of likely N-dealkylation sites (tertiary alicyclic amines) is 1. The number of urea groups is 1. The van der Waals surface area contributed by atoms with Crippen LogP contribution in [0.25, 0.3) is 0 Å². The van der Waals surface area contributed by atoms with Crippen molar-refractivity contribution in [3.8, 4) is 0 Å². The molecule has 2 N–H and O–H groups in total. The third-order valence-electron chi connectivity index (χ3n) is 2.76. The fourth-order valence-electron chi connectivity index (χ4n) is 1.93. The number of carboxylic acids is 1. The Morgan fingerprint density at radius 1 is 1.61 bits per heavy atom. The highest BCUT2D eigenvalue weighted by Crippen LogP contribution is 2.17. The van der Waals surface area contributed by atoms with E-state index in [2.05, 4.69) is 15.5 Å². The third kappa shape index (κ3) is 2.58. The van der Waals surface area contributed by atoms with E-state index < -0.39 is 18.0 Å². The predicted octanol–water partition coefficient (Wildman–Crippen LogP) is 0.137. The number of hydrogen-bond acceptors (Lipinski definition) is 5. The Balaban J connectivity index is 1.89. The number of aryl methyl sites for hydroxylation is 1. The molecule has 18 heavy (non-hydrogen) atoms. The summed E-state index contributed by atoms with van der Waals surface area (Å²) in [7, 11) is 0. The molecule has 8 nitrogen and oxygen atoms in total. The lowest BCUT2D eigenvalue weighted by atomic mass is 10.2. The van der Waals surface area contributed by atoms with Gasteiger partial charge in [0.25, 0.3) is 0 Å². The second kappa shape index (κ2) is 5.03. The SMILES string of the molecule is Cc1noc(CNC(=O)N2CCC[C@H]2C(=O)O)n1. The van der Waals surface area contributed by atoms with Crippen LogP contribution in [0.5, 0.6) is 0 Å². The number of rotatable bonds is 3. The molecule has 0 aromatic carbocycles. The lowest BCUT2D eigenvalue weighted by Gasteiger charge is -2.21. The fourth-order valence-corrected chi connectivity index (χ4v) is 1.93. The van der Waals surface area contributed by atoms with E-state index in [0.717, 1.165) is 0 Å². The van der Waals surface area contributed by atoms with Crippen molar-refractivity contribution in [3.05, 3.63) is 11.7 Å². The number of nitrogens with one attached hydrogen (secondary N) is 1. The maximum atomic E-state index is 11.8. The first kappa shape index (κ1) is 12.3. The molecule has 1 atom stereocenters. The van der Waals surface area contributed by atoms with Gasteiger partial charge in [-0.1, -0.05) is 5.16 Å². The minimum atomic E-state index is -0.976. The lowest BCUT2D eigenvalue weighted by molar-refractivity contribution is -0.141. The predicted molar refractivity (Wildman–Crippen MR) is 58.6 cm³/mol. The average molecular weight is 254 g/mol. The average Bonchev–Trinajstić information content (AvgIpc) is 2.94. The van der Waals surface area contributed by atoms with Crippen LogP contribution in [0, 0.1) is 6.92 Å². The zero-order valence-electron chi connectivity index (χ0n) is 9.92. The van der Waals surface area contributed by atoms with Crippen LogP contribution in [-0.4, -0.2) is 44.7 Å². The number of carbonyl (C=O) groups is 2. The Hall–Kier alpha value is -2.12. The van der Waals surface area contributed by atoms with Crippen molar-refractivity contribution < 1.29 is 19.2 Å². The quantitative estimate of drug-likeness (QED) is 0.794. The number of carbonyl (C=O) groups excluding carboxylic acids is 1. The number of aromatic nitrogens is 2. The molecule has 1 aliphatic rings. The van der Waals surface area contributed by atoms with Gasteiger partial charge in [0.15, 0.2) is 5.82 Å². The molecule has 2 heterocycles. The third-order valence-corrected chi connectivity index (χ3v) is 2.76. The van der Waals surface area contributed by atoms with Crippen LogP contribution in [0.3, 0.4) is 0 Å². The van der Waals surface area contributed by atoms with Gasteiger partial charge in [-0.05, 0) is 19.8 Å². The summed E-state index contributed by atoms with van der Waals surface area (Å²) < 4.78 is 4.84. The Morgan fingerprint density at radius 2 is 2.39 bits per heavy atom. The largest absolute Gasteiger partial charge is 0.480 e. The maximum absolute atomic E-state index is 11.8. The first-order valence-corrected chi connectivity index (χ1v) is 5.64. The van der Waals surface area contributed by atoms with Crippen LogP contribution < -0.4 is 5.32 Å². The van der Waals surface area contributed by atoms with Crippen molar-refractivity contribution in [2.45, 2.75) is 32.4 Å². The van der Waals surface area contributed by atoms with Gasteiger partial charge in [0, 0.05) is 6.54 Å². The minimum Gasteiger partial charge on any atom is -0.480 e. The van der Waals surface area contributed by atoms with E-state index in [9.17, 15) is 9.59 Å². The van der Waals surface area contributed by atoms with Crippen molar-refractivity contribution in [1.82, 2.24) is 20.4 Å². The molecular weight excluding hydrogens is 240 g/mol. The van der Waals surface area contributed by atoms with Gasteiger partial charge in [0.2, 0.25) is 5.89 Å². The Bertz CT molecular complexity index is 458. The van der Waals surface area contributed by atoms with E-state index in [-0.39, 0.29) is 6.54 Å². The van der Waals surface area contributed by atoms with Gasteiger partial charge in [-0.15, -0.1) is 0 Å². The molecule has 1 aliphatic heterocycles. The normalized spacial score (nSPS) is 18.9. The van der Waals surface area contributed by atoms with Crippen molar-refractivity contribution in [2.75, 3.05) is 6.54 Å². The number of hydrogen-bond donors (Lipinski definition) is 2. The summed E-state index contributed by atoms with van der Waals surface area (Å²) >= 11 is 0. The smallest absolute Gasteiger partial charge is 0.326 e. The fraction of sp³-hybridized carbons (Fsp3) is 0.600. The Kier molecular flexibility index (Phi) is 3.45. The molecule has 2 rings (SSSR count). The first-order valence-electron chi connectivity index (χ1n) is 5.64. The zero-order valence-corrected chi connectivity index (χ0v) is 9.92. The summed E-state index contributed by atoms with van der Waals surface area (Å²) in [6.45, 7) is 2.23. The molecule has 2 amide bonds. The molecule has 1 saturated heterocycles. The van der Waals surface area contributed by atoms with Crippen molar-refractivity contribution in [3.63, 3.8) is 0 Å². The molecule has 1 aromatic rings. The highest BCUT2D eigenvalue weighted by Gasteiger charge is 2.33. The molecule has 0 spiro atoms. The maximum Gasteiger partial charge on any atom is 0.326 e. The van der Waals surface area contributed by atoms with Crippen LogP contribution in [0.1, 0.15) is 24.6 Å². The van der Waals surface area contributed by atoms with Crippen molar-refractivity contribution in [1.29, 1.82) is 0 Å². The van der Waals surface area contributed by atoms with E-state index in [1.165, 1.54) is 4.90 Å². The molecule has 8 heteroatoms. The number of amides is 2. The van der Waals surface area contributed by atoms with Crippen molar-refractivity contribution >= 4 is 12.0 Å². The Labute approximate surface area is 103 Å². The van der Waals surface area contributed by atoms with Crippen LogP contribution >= 0.6 is 0 Å². The van der Waals surface area contributed by atoms with Gasteiger partial charge in [-0.3, -0.25) is 0 Å². The van der Waals surface area contributed by atoms with Gasteiger partial charge < -0.3 is 19.8 Å². The second-order valence-corrected chi connectivity index (χ2v) is 4.08. The van der Waals surface area contributed by atoms with Gasteiger partial charge in [0.05, 0.1) is 6.54 Å². The van der Waals surface area contributed by atoms with Crippen molar-refractivity contribution in [2.24, 2.45) is 0 Å². The first-order chi connectivity index (χ1) is 8.58. The van der Waals surface area contributed by atoms with E-state index >= 15 is 0 Å². The summed E-state index contributed by atoms with van der Waals surface area (Å²) in [5, 5.41) is 15.1. The van der Waals surface area contributed by atoms with Gasteiger partial charge in [-0.2, -0.15) is 4.98 Å². The van der Waals surface area contributed by atoms with E-state index in [1.54, 1.807) is 6.92 Å². The van der Waals surface area contributed by atoms with E-state index in [1.807, 2.05) is 0 Å². The number of carboxylic acid groups (broad SMARTS) is 1. The van der Waals surface area contributed by atoms with E-state index in [4.69, 9.17) is 9.63 Å². The number of nitrogens with zero attached hydrogens (tertiary/aromatic N) is 3. The number of aliphatic carboxylic acids is 1. The molecule has 0 aliphatic carbocycles. The topological polar surface area (TPSA) is 109 Å². The summed E-state index contributed by atoms with van der Waals surface area (Å²) in [6.07, 6.45) is 1.19. The van der Waals surface area contributed by atoms with Gasteiger partial charge >= 0.3 is 12.0 Å². The van der Waals surface area contributed by atoms with Crippen LogP contribution in [-0.2, 0) is 11.3 Å². The molecule has 0 unspecified atom stereocenters. The molecule has 1 aromatic heterocycles. The monoisotopic (exact) mass is 254 g/mol. The summed E-state index contributed by atoms with van der Waals surface area (Å²) in [5.41, 5.74) is 0. The molecule has 1 fully saturated rings. The lowest BCUT2D eigenvalue weighted by Crippen LogP contribution is -2.45.